The second kappa shape index (κ2) is 12.3. The Kier molecular flexibility index (Phi) is 12.2. The molecule has 0 aliphatic heterocycles. The fraction of sp³-hybridized carbons (Fsp3) is 1.00. The lowest BCUT2D eigenvalue weighted by Gasteiger charge is -2.13. The van der Waals surface area contributed by atoms with E-state index in [9.17, 15) is 0 Å². The second-order valence-electron chi connectivity index (χ2n) is 4.50. The van der Waals surface area contributed by atoms with Crippen molar-refractivity contribution in [3.05, 3.63) is 0 Å². The molecule has 0 heterocycles. The van der Waals surface area contributed by atoms with Crippen LogP contribution in [0.5, 0.6) is 0 Å². The van der Waals surface area contributed by atoms with E-state index in [0.717, 1.165) is 32.3 Å². The molecule has 0 amide bonds. The standard InChI is InChI=1S/C13H28O4/c1-12(15)6-10-16-11-7-13(2)17-9-5-3-4-8-14/h12-15H,3-11H2,1-2H3/t12-,13-/m1/s1. The molecule has 0 saturated heterocycles. The topological polar surface area (TPSA) is 58.9 Å². The number of hydrogen-bond acceptors (Lipinski definition) is 4. The summed E-state index contributed by atoms with van der Waals surface area (Å²) in [5.41, 5.74) is 0. The molecule has 17 heavy (non-hydrogen) atoms. The van der Waals surface area contributed by atoms with E-state index in [2.05, 4.69) is 0 Å². The Morgan fingerprint density at radius 1 is 0.941 bits per heavy atom. The lowest BCUT2D eigenvalue weighted by Crippen LogP contribution is -2.14. The second-order valence-corrected chi connectivity index (χ2v) is 4.50. The van der Waals surface area contributed by atoms with E-state index in [-0.39, 0.29) is 18.8 Å². The SMILES string of the molecule is C[C@H](CCOCC[C@@H](C)O)OCCCCCO. The van der Waals surface area contributed by atoms with Crippen molar-refractivity contribution >= 4 is 0 Å². The lowest BCUT2D eigenvalue weighted by atomic mass is 10.2. The van der Waals surface area contributed by atoms with Crippen LogP contribution in [-0.4, -0.2) is 48.8 Å². The third-order valence-corrected chi connectivity index (χ3v) is 2.55. The Bertz CT molecular complexity index is 150. The van der Waals surface area contributed by atoms with Gasteiger partial charge in [-0.3, -0.25) is 0 Å². The molecular weight excluding hydrogens is 220 g/mol. The summed E-state index contributed by atoms with van der Waals surface area (Å²) >= 11 is 0. The first-order valence-corrected chi connectivity index (χ1v) is 6.65. The fourth-order valence-corrected chi connectivity index (χ4v) is 1.36. The molecule has 0 aromatic carbocycles. The minimum absolute atomic E-state index is 0.218. The lowest BCUT2D eigenvalue weighted by molar-refractivity contribution is 0.0239. The molecule has 0 spiro atoms. The summed E-state index contributed by atoms with van der Waals surface area (Å²) in [6.07, 6.45) is 4.41. The zero-order valence-corrected chi connectivity index (χ0v) is 11.2. The van der Waals surface area contributed by atoms with Gasteiger partial charge in [0, 0.05) is 26.4 Å². The van der Waals surface area contributed by atoms with Gasteiger partial charge in [-0.25, -0.2) is 0 Å². The predicted octanol–water partition coefficient (Wildman–Crippen LogP) is 1.73. The predicted molar refractivity (Wildman–Crippen MR) is 68.1 cm³/mol. The Morgan fingerprint density at radius 2 is 1.65 bits per heavy atom. The van der Waals surface area contributed by atoms with Gasteiger partial charge in [0.25, 0.3) is 0 Å². The van der Waals surface area contributed by atoms with Crippen LogP contribution in [0, 0.1) is 0 Å². The van der Waals surface area contributed by atoms with Gasteiger partial charge in [-0.15, -0.1) is 0 Å². The minimum Gasteiger partial charge on any atom is -0.396 e. The Morgan fingerprint density at radius 3 is 2.29 bits per heavy atom. The third-order valence-electron chi connectivity index (χ3n) is 2.55. The van der Waals surface area contributed by atoms with E-state index < -0.39 is 0 Å². The highest BCUT2D eigenvalue weighted by atomic mass is 16.5. The maximum Gasteiger partial charge on any atom is 0.0568 e. The molecule has 0 radical (unpaired) electrons. The van der Waals surface area contributed by atoms with Crippen LogP contribution in [0.25, 0.3) is 0 Å². The molecule has 2 N–H and O–H groups in total. The monoisotopic (exact) mass is 248 g/mol. The van der Waals surface area contributed by atoms with E-state index in [1.807, 2.05) is 6.92 Å². The quantitative estimate of drug-likeness (QED) is 0.516. The molecule has 0 aromatic rings. The molecule has 0 fully saturated rings. The molecular formula is C13H28O4. The van der Waals surface area contributed by atoms with Crippen molar-refractivity contribution in [1.82, 2.24) is 0 Å². The third kappa shape index (κ3) is 13.8. The van der Waals surface area contributed by atoms with Crippen molar-refractivity contribution in [2.24, 2.45) is 0 Å². The molecule has 104 valence electrons. The molecule has 0 aliphatic carbocycles. The van der Waals surface area contributed by atoms with Crippen LogP contribution in [0.1, 0.15) is 46.0 Å². The highest BCUT2D eigenvalue weighted by molar-refractivity contribution is 4.51. The molecule has 2 atom stereocenters. The summed E-state index contributed by atoms with van der Waals surface area (Å²) in [6, 6.07) is 0. The summed E-state index contributed by atoms with van der Waals surface area (Å²) < 4.78 is 11.0. The summed E-state index contributed by atoms with van der Waals surface area (Å²) in [5, 5.41) is 17.6. The molecule has 0 rings (SSSR count). The highest BCUT2D eigenvalue weighted by Crippen LogP contribution is 2.02. The maximum absolute atomic E-state index is 9.03. The van der Waals surface area contributed by atoms with Crippen molar-refractivity contribution in [1.29, 1.82) is 0 Å². The van der Waals surface area contributed by atoms with Crippen LogP contribution in [0.3, 0.4) is 0 Å². The fourth-order valence-electron chi connectivity index (χ4n) is 1.36. The van der Waals surface area contributed by atoms with Gasteiger partial charge in [0.1, 0.15) is 0 Å². The summed E-state index contributed by atoms with van der Waals surface area (Å²) in [7, 11) is 0. The van der Waals surface area contributed by atoms with Crippen molar-refractivity contribution < 1.29 is 19.7 Å². The number of rotatable bonds is 12. The van der Waals surface area contributed by atoms with Crippen LogP contribution in [-0.2, 0) is 9.47 Å². The van der Waals surface area contributed by atoms with Crippen LogP contribution >= 0.6 is 0 Å². The van der Waals surface area contributed by atoms with Crippen LogP contribution in [0.4, 0.5) is 0 Å². The molecule has 0 saturated carbocycles. The zero-order valence-electron chi connectivity index (χ0n) is 11.2. The van der Waals surface area contributed by atoms with E-state index in [1.165, 1.54) is 0 Å². The van der Waals surface area contributed by atoms with Gasteiger partial charge >= 0.3 is 0 Å². The van der Waals surface area contributed by atoms with Crippen molar-refractivity contribution in [3.8, 4) is 0 Å². The largest absolute Gasteiger partial charge is 0.396 e. The van der Waals surface area contributed by atoms with Crippen LogP contribution in [0.15, 0.2) is 0 Å². The molecule has 0 unspecified atom stereocenters. The minimum atomic E-state index is -0.282. The van der Waals surface area contributed by atoms with E-state index in [1.54, 1.807) is 6.92 Å². The van der Waals surface area contributed by atoms with Gasteiger partial charge < -0.3 is 19.7 Å². The normalized spacial score (nSPS) is 14.8. The zero-order chi connectivity index (χ0) is 12.9. The summed E-state index contributed by atoms with van der Waals surface area (Å²) in [6.45, 7) is 6.14. The van der Waals surface area contributed by atoms with Crippen molar-refractivity contribution in [2.45, 2.75) is 58.2 Å². The Labute approximate surface area is 105 Å². The average molecular weight is 248 g/mol. The number of aliphatic hydroxyl groups is 2. The van der Waals surface area contributed by atoms with Gasteiger partial charge in [0.15, 0.2) is 0 Å². The van der Waals surface area contributed by atoms with Crippen molar-refractivity contribution in [2.75, 3.05) is 26.4 Å². The van der Waals surface area contributed by atoms with Crippen molar-refractivity contribution in [3.63, 3.8) is 0 Å². The van der Waals surface area contributed by atoms with Gasteiger partial charge in [-0.05, 0) is 46.0 Å². The van der Waals surface area contributed by atoms with E-state index >= 15 is 0 Å². The number of hydrogen-bond donors (Lipinski definition) is 2. The Balaban J connectivity index is 3.14. The number of aliphatic hydroxyl groups excluding tert-OH is 2. The molecule has 0 bridgehead atoms. The van der Waals surface area contributed by atoms with Crippen LogP contribution < -0.4 is 0 Å². The first-order valence-electron chi connectivity index (χ1n) is 6.65. The van der Waals surface area contributed by atoms with Gasteiger partial charge in [0.2, 0.25) is 0 Å². The Hall–Kier alpha value is -0.160. The number of ether oxygens (including phenoxy) is 2. The summed E-state index contributed by atoms with van der Waals surface area (Å²) in [4.78, 5) is 0. The molecule has 0 aromatic heterocycles. The molecule has 0 aliphatic rings. The van der Waals surface area contributed by atoms with E-state index in [4.69, 9.17) is 19.7 Å². The molecule has 4 nitrogen and oxygen atoms in total. The number of unbranched alkanes of at least 4 members (excludes halogenated alkanes) is 2. The highest BCUT2D eigenvalue weighted by Gasteiger charge is 2.02. The van der Waals surface area contributed by atoms with Gasteiger partial charge in [-0.1, -0.05) is 0 Å². The first-order chi connectivity index (χ1) is 8.16. The average Bonchev–Trinajstić information content (AvgIpc) is 2.28. The summed E-state index contributed by atoms with van der Waals surface area (Å²) in [5.74, 6) is 0. The van der Waals surface area contributed by atoms with E-state index in [0.29, 0.717) is 19.6 Å². The molecule has 4 heteroatoms. The first kappa shape index (κ1) is 16.8. The van der Waals surface area contributed by atoms with Gasteiger partial charge in [0.05, 0.1) is 12.2 Å². The van der Waals surface area contributed by atoms with Crippen LogP contribution in [0.2, 0.25) is 0 Å². The van der Waals surface area contributed by atoms with Gasteiger partial charge in [-0.2, -0.15) is 0 Å². The maximum atomic E-state index is 9.03. The smallest absolute Gasteiger partial charge is 0.0568 e.